The monoisotopic (exact) mass is 535 g/mol. The summed E-state index contributed by atoms with van der Waals surface area (Å²) in [4.78, 5) is 32.2. The first-order chi connectivity index (χ1) is 18.9. The highest BCUT2D eigenvalue weighted by molar-refractivity contribution is 6.09. The fourth-order valence-electron chi connectivity index (χ4n) is 5.53. The van der Waals surface area contributed by atoms with Crippen molar-refractivity contribution in [3.05, 3.63) is 58.8 Å². The summed E-state index contributed by atoms with van der Waals surface area (Å²) in [6.45, 7) is 4.20. The Hall–Kier alpha value is -3.81. The number of Topliss-reactive ketones (excluding diaryl/α,β-unsaturated/α-hetero) is 1. The van der Waals surface area contributed by atoms with Gasteiger partial charge in [0.1, 0.15) is 17.4 Å². The number of hydrogen-bond acceptors (Lipinski definition) is 8. The smallest absolute Gasteiger partial charge is 0.315 e. The molecule has 1 aliphatic carbocycles. The second kappa shape index (κ2) is 12.4. The number of rotatable bonds is 10. The van der Waals surface area contributed by atoms with E-state index in [1.54, 1.807) is 34.5 Å². The quantitative estimate of drug-likeness (QED) is 0.287. The third kappa shape index (κ3) is 5.65. The Morgan fingerprint density at radius 1 is 0.923 bits per heavy atom. The fourth-order valence-corrected chi connectivity index (χ4v) is 5.53. The Labute approximate surface area is 230 Å². The number of aliphatic imine (C=N–C) groups is 1. The van der Waals surface area contributed by atoms with Gasteiger partial charge >= 0.3 is 5.97 Å². The first-order valence-electron chi connectivity index (χ1n) is 13.3. The summed E-state index contributed by atoms with van der Waals surface area (Å²) in [6.07, 6.45) is 2.52. The molecule has 0 radical (unpaired) electrons. The van der Waals surface area contributed by atoms with E-state index in [4.69, 9.17) is 28.7 Å². The lowest BCUT2D eigenvalue weighted by molar-refractivity contribution is -0.146. The van der Waals surface area contributed by atoms with E-state index in [1.807, 2.05) is 44.2 Å². The van der Waals surface area contributed by atoms with Crippen LogP contribution in [0.1, 0.15) is 62.5 Å². The average molecular weight is 536 g/mol. The summed E-state index contributed by atoms with van der Waals surface area (Å²) in [5.41, 5.74) is 3.58. The molecule has 4 rings (SSSR count). The molecule has 3 atom stereocenters. The van der Waals surface area contributed by atoms with E-state index in [2.05, 4.69) is 0 Å². The molecule has 1 aliphatic heterocycles. The molecule has 0 saturated heterocycles. The number of allylic oxidation sites excluding steroid dienone is 2. The van der Waals surface area contributed by atoms with Crippen LogP contribution >= 0.6 is 0 Å². The van der Waals surface area contributed by atoms with Crippen LogP contribution in [-0.4, -0.2) is 52.5 Å². The Balaban J connectivity index is 1.79. The third-order valence-electron chi connectivity index (χ3n) is 7.54. The van der Waals surface area contributed by atoms with Gasteiger partial charge in [-0.2, -0.15) is 0 Å². The maximum atomic E-state index is 13.9. The molecule has 8 nitrogen and oxygen atoms in total. The lowest BCUT2D eigenvalue weighted by Gasteiger charge is -2.37. The number of nitrogens with zero attached hydrogens (tertiary/aromatic N) is 1. The lowest BCUT2D eigenvalue weighted by Crippen LogP contribution is -2.38. The van der Waals surface area contributed by atoms with Gasteiger partial charge in [-0.25, -0.2) is 0 Å². The number of ether oxygens (including phenoxy) is 5. The zero-order chi connectivity index (χ0) is 28.1. The number of esters is 1. The lowest BCUT2D eigenvalue weighted by atomic mass is 9.69. The molecular formula is C31H37NO7. The summed E-state index contributed by atoms with van der Waals surface area (Å²) in [5, 5.41) is 0. The van der Waals surface area contributed by atoms with Crippen molar-refractivity contribution >= 4 is 17.5 Å². The summed E-state index contributed by atoms with van der Waals surface area (Å²) in [7, 11) is 6.34. The molecular weight excluding hydrogens is 498 g/mol. The zero-order valence-electron chi connectivity index (χ0n) is 23.5. The van der Waals surface area contributed by atoms with Gasteiger partial charge < -0.3 is 23.7 Å². The number of methoxy groups -OCH3 is 4. The number of hydrogen-bond donors (Lipinski definition) is 0. The van der Waals surface area contributed by atoms with Gasteiger partial charge in [-0.1, -0.05) is 25.5 Å². The van der Waals surface area contributed by atoms with Crippen LogP contribution in [0.25, 0.3) is 0 Å². The fraction of sp³-hybridized carbons (Fsp3) is 0.452. The van der Waals surface area contributed by atoms with E-state index in [0.29, 0.717) is 53.0 Å². The summed E-state index contributed by atoms with van der Waals surface area (Å²) < 4.78 is 27.7. The summed E-state index contributed by atoms with van der Waals surface area (Å²) >= 11 is 0. The summed E-state index contributed by atoms with van der Waals surface area (Å²) in [5.74, 6) is 0.594. The molecule has 0 fully saturated rings. The predicted octanol–water partition coefficient (Wildman–Crippen LogP) is 5.64. The van der Waals surface area contributed by atoms with Crippen molar-refractivity contribution in [2.75, 3.05) is 35.0 Å². The largest absolute Gasteiger partial charge is 0.497 e. The maximum absolute atomic E-state index is 13.9. The minimum absolute atomic E-state index is 0.0403. The average Bonchev–Trinajstić information content (AvgIpc) is 2.95. The molecule has 0 saturated carbocycles. The van der Waals surface area contributed by atoms with E-state index in [0.717, 1.165) is 24.0 Å². The van der Waals surface area contributed by atoms with Crippen LogP contribution in [0.5, 0.6) is 23.0 Å². The normalized spacial score (nSPS) is 20.6. The second-order valence-electron chi connectivity index (χ2n) is 9.84. The standard InChI is InChI=1S/C31H37NO7/c1-7-8-13-39-31(34)28-18(2)32-23-14-20(19-9-12-25(36-4)27(16-19)38-6)15-24(33)30(23)29(28)22-11-10-21(35-3)17-26(22)37-5/h9-12,16-17,20,28-29H,7-8,13-15H2,1-6H3/t20-,28?,29-/m0/s1. The number of benzene rings is 2. The molecule has 2 aromatic rings. The first kappa shape index (κ1) is 28.2. The highest BCUT2D eigenvalue weighted by atomic mass is 16.5. The number of unbranched alkanes of at least 4 members (excludes halogenated alkanes) is 1. The number of carbonyl (C=O) groups excluding carboxylic acids is 2. The van der Waals surface area contributed by atoms with E-state index >= 15 is 0 Å². The molecule has 0 spiro atoms. The third-order valence-corrected chi connectivity index (χ3v) is 7.54. The molecule has 0 bridgehead atoms. The Morgan fingerprint density at radius 3 is 2.33 bits per heavy atom. The maximum Gasteiger partial charge on any atom is 0.315 e. The minimum atomic E-state index is -0.732. The van der Waals surface area contributed by atoms with Crippen LogP contribution in [0, 0.1) is 5.92 Å². The van der Waals surface area contributed by atoms with Crippen LogP contribution in [0.4, 0.5) is 0 Å². The Morgan fingerprint density at radius 2 is 1.67 bits per heavy atom. The van der Waals surface area contributed by atoms with E-state index in [9.17, 15) is 9.59 Å². The zero-order valence-corrected chi connectivity index (χ0v) is 23.5. The SMILES string of the molecule is CCCCOC(=O)C1C(C)=NC2=C(C(=O)C[C@@H](c3ccc(OC)c(OC)c3)C2)[C@H]1c1ccc(OC)cc1OC. The summed E-state index contributed by atoms with van der Waals surface area (Å²) in [6, 6.07) is 11.2. The van der Waals surface area contributed by atoms with E-state index in [-0.39, 0.29) is 24.1 Å². The first-order valence-corrected chi connectivity index (χ1v) is 13.3. The van der Waals surface area contributed by atoms with Crippen molar-refractivity contribution in [1.82, 2.24) is 0 Å². The number of carbonyl (C=O) groups is 2. The Kier molecular flexibility index (Phi) is 8.94. The van der Waals surface area contributed by atoms with Gasteiger partial charge in [-0.15, -0.1) is 0 Å². The molecule has 0 amide bonds. The predicted molar refractivity (Wildman–Crippen MR) is 148 cm³/mol. The number of ketones is 1. The molecule has 1 heterocycles. The topological polar surface area (TPSA) is 92.7 Å². The van der Waals surface area contributed by atoms with Crippen LogP contribution < -0.4 is 18.9 Å². The van der Waals surface area contributed by atoms with Gasteiger partial charge in [0, 0.05) is 41.0 Å². The van der Waals surface area contributed by atoms with Crippen molar-refractivity contribution in [3.63, 3.8) is 0 Å². The molecule has 0 N–H and O–H groups in total. The highest BCUT2D eigenvalue weighted by Gasteiger charge is 2.45. The van der Waals surface area contributed by atoms with E-state index < -0.39 is 11.8 Å². The minimum Gasteiger partial charge on any atom is -0.497 e. The van der Waals surface area contributed by atoms with E-state index in [1.165, 1.54) is 0 Å². The van der Waals surface area contributed by atoms with Gasteiger partial charge in [0.05, 0.1) is 35.0 Å². The molecule has 2 aromatic carbocycles. The van der Waals surface area contributed by atoms with Crippen molar-refractivity contribution in [2.45, 2.75) is 51.4 Å². The van der Waals surface area contributed by atoms with Gasteiger partial charge in [-0.05, 0) is 49.4 Å². The van der Waals surface area contributed by atoms with Gasteiger partial charge in [0.2, 0.25) is 0 Å². The van der Waals surface area contributed by atoms with Gasteiger partial charge in [0.25, 0.3) is 0 Å². The van der Waals surface area contributed by atoms with Crippen molar-refractivity contribution < 1.29 is 33.3 Å². The van der Waals surface area contributed by atoms with Crippen molar-refractivity contribution in [2.24, 2.45) is 10.9 Å². The molecule has 0 aromatic heterocycles. The molecule has 208 valence electrons. The Bertz CT molecular complexity index is 1300. The van der Waals surface area contributed by atoms with Crippen LogP contribution in [-0.2, 0) is 14.3 Å². The van der Waals surface area contributed by atoms with Crippen LogP contribution in [0.15, 0.2) is 52.7 Å². The highest BCUT2D eigenvalue weighted by Crippen LogP contribution is 2.49. The van der Waals surface area contributed by atoms with Gasteiger partial charge in [0.15, 0.2) is 17.3 Å². The second-order valence-corrected chi connectivity index (χ2v) is 9.84. The molecule has 1 unspecified atom stereocenters. The van der Waals surface area contributed by atoms with Crippen LogP contribution in [0.2, 0.25) is 0 Å². The van der Waals surface area contributed by atoms with Gasteiger partial charge in [-0.3, -0.25) is 14.6 Å². The molecule has 2 aliphatic rings. The molecule has 8 heteroatoms. The van der Waals surface area contributed by atoms with Crippen LogP contribution in [0.3, 0.4) is 0 Å². The molecule has 39 heavy (non-hydrogen) atoms. The van der Waals surface area contributed by atoms with Crippen molar-refractivity contribution in [1.29, 1.82) is 0 Å². The van der Waals surface area contributed by atoms with Crippen molar-refractivity contribution in [3.8, 4) is 23.0 Å².